The van der Waals surface area contributed by atoms with Gasteiger partial charge in [0.05, 0.1) is 11.0 Å². The number of aryl methyl sites for hydroxylation is 2. The average molecular weight is 348 g/mol. The molecular formula is C21H24N4O. The number of H-pyrrole nitrogens is 1. The zero-order valence-electron chi connectivity index (χ0n) is 15.2. The van der Waals surface area contributed by atoms with E-state index in [1.807, 2.05) is 35.2 Å². The van der Waals surface area contributed by atoms with Gasteiger partial charge in [-0.05, 0) is 62.1 Å². The van der Waals surface area contributed by atoms with Gasteiger partial charge in [-0.15, -0.1) is 0 Å². The summed E-state index contributed by atoms with van der Waals surface area (Å²) in [7, 11) is 0. The van der Waals surface area contributed by atoms with Gasteiger partial charge in [0.1, 0.15) is 5.82 Å². The fraction of sp³-hybridized carbons (Fsp3) is 0.333. The Kier molecular flexibility index (Phi) is 4.37. The van der Waals surface area contributed by atoms with Crippen LogP contribution in [0.1, 0.15) is 35.7 Å². The summed E-state index contributed by atoms with van der Waals surface area (Å²) in [6, 6.07) is 13.9. The van der Waals surface area contributed by atoms with E-state index in [0.29, 0.717) is 5.92 Å². The molecule has 1 aliphatic heterocycles. The second kappa shape index (κ2) is 6.83. The van der Waals surface area contributed by atoms with Crippen molar-refractivity contribution in [2.75, 3.05) is 18.4 Å². The van der Waals surface area contributed by atoms with E-state index < -0.39 is 0 Å². The van der Waals surface area contributed by atoms with Gasteiger partial charge in [0.15, 0.2) is 0 Å². The molecule has 0 atom stereocenters. The Hall–Kier alpha value is -2.82. The zero-order chi connectivity index (χ0) is 18.1. The van der Waals surface area contributed by atoms with E-state index in [1.54, 1.807) is 0 Å². The summed E-state index contributed by atoms with van der Waals surface area (Å²) in [6.45, 7) is 5.74. The zero-order valence-corrected chi connectivity index (χ0v) is 15.2. The number of para-hydroxylation sites is 1. The Morgan fingerprint density at radius 3 is 2.54 bits per heavy atom. The first kappa shape index (κ1) is 16.6. The summed E-state index contributed by atoms with van der Waals surface area (Å²) in [5, 5.41) is 2.96. The lowest BCUT2D eigenvalue weighted by atomic mass is 9.96. The first-order chi connectivity index (χ1) is 12.6. The predicted octanol–water partition coefficient (Wildman–Crippen LogP) is 4.59. The molecule has 3 aromatic rings. The molecule has 2 N–H and O–H groups in total. The Morgan fingerprint density at radius 1 is 1.12 bits per heavy atom. The number of nitrogens with zero attached hydrogens (tertiary/aromatic N) is 2. The Bertz CT molecular complexity index is 885. The second-order valence-corrected chi connectivity index (χ2v) is 7.13. The maximum Gasteiger partial charge on any atom is 0.321 e. The van der Waals surface area contributed by atoms with E-state index in [1.165, 1.54) is 11.1 Å². The van der Waals surface area contributed by atoms with Crippen molar-refractivity contribution < 1.29 is 4.79 Å². The van der Waals surface area contributed by atoms with Gasteiger partial charge in [-0.1, -0.05) is 18.2 Å². The van der Waals surface area contributed by atoms with Crippen molar-refractivity contribution in [3.63, 3.8) is 0 Å². The van der Waals surface area contributed by atoms with E-state index in [4.69, 9.17) is 4.98 Å². The summed E-state index contributed by atoms with van der Waals surface area (Å²) in [5.74, 6) is 1.43. The van der Waals surface area contributed by atoms with Crippen LogP contribution < -0.4 is 5.32 Å². The minimum atomic E-state index is -0.0227. The van der Waals surface area contributed by atoms with E-state index in [-0.39, 0.29) is 6.03 Å². The first-order valence-corrected chi connectivity index (χ1v) is 9.18. The summed E-state index contributed by atoms with van der Waals surface area (Å²) >= 11 is 0. The van der Waals surface area contributed by atoms with E-state index in [2.05, 4.69) is 36.3 Å². The van der Waals surface area contributed by atoms with Crippen molar-refractivity contribution in [1.82, 2.24) is 14.9 Å². The number of piperidine rings is 1. The molecule has 134 valence electrons. The first-order valence-electron chi connectivity index (χ1n) is 9.18. The molecule has 2 aromatic carbocycles. The van der Waals surface area contributed by atoms with E-state index >= 15 is 0 Å². The number of hydrogen-bond acceptors (Lipinski definition) is 2. The average Bonchev–Trinajstić information content (AvgIpc) is 3.06. The van der Waals surface area contributed by atoms with E-state index in [0.717, 1.165) is 48.5 Å². The van der Waals surface area contributed by atoms with Gasteiger partial charge in [-0.25, -0.2) is 9.78 Å². The largest absolute Gasteiger partial charge is 0.342 e. The number of aromatic nitrogens is 2. The molecule has 1 fully saturated rings. The predicted molar refractivity (Wildman–Crippen MR) is 105 cm³/mol. The summed E-state index contributed by atoms with van der Waals surface area (Å²) in [6.07, 6.45) is 1.86. The lowest BCUT2D eigenvalue weighted by Gasteiger charge is -2.31. The molecule has 0 saturated carbocycles. The minimum absolute atomic E-state index is 0.0227. The lowest BCUT2D eigenvalue weighted by molar-refractivity contribution is 0.193. The van der Waals surface area contributed by atoms with Gasteiger partial charge in [-0.3, -0.25) is 0 Å². The Balaban J connectivity index is 1.41. The number of fused-ring (bicyclic) bond motifs is 1. The molecule has 0 aliphatic carbocycles. The number of likely N-dealkylation sites (tertiary alicyclic amines) is 1. The van der Waals surface area contributed by atoms with Gasteiger partial charge in [0.2, 0.25) is 0 Å². The lowest BCUT2D eigenvalue weighted by Crippen LogP contribution is -2.40. The van der Waals surface area contributed by atoms with Crippen LogP contribution >= 0.6 is 0 Å². The molecule has 0 unspecified atom stereocenters. The van der Waals surface area contributed by atoms with Gasteiger partial charge in [0, 0.05) is 24.7 Å². The van der Waals surface area contributed by atoms with Crippen molar-refractivity contribution >= 4 is 22.8 Å². The fourth-order valence-electron chi connectivity index (χ4n) is 3.56. The van der Waals surface area contributed by atoms with Crippen molar-refractivity contribution in [1.29, 1.82) is 0 Å². The standard InChI is InChI=1S/C21H24N4O/c1-14-12-18-19(13-15(14)2)24-20(23-18)16-8-10-25(11-9-16)21(26)22-17-6-4-3-5-7-17/h3-7,12-13,16H,8-11H2,1-2H3,(H,22,26)(H,23,24). The van der Waals surface area contributed by atoms with Crippen LogP contribution in [0.5, 0.6) is 0 Å². The highest BCUT2D eigenvalue weighted by Crippen LogP contribution is 2.28. The minimum Gasteiger partial charge on any atom is -0.342 e. The third-order valence-corrected chi connectivity index (χ3v) is 5.31. The molecule has 1 aromatic heterocycles. The molecule has 2 heterocycles. The van der Waals surface area contributed by atoms with Crippen LogP contribution in [0.3, 0.4) is 0 Å². The maximum atomic E-state index is 12.4. The van der Waals surface area contributed by atoms with Gasteiger partial charge >= 0.3 is 6.03 Å². The number of aromatic amines is 1. The molecule has 0 spiro atoms. The smallest absolute Gasteiger partial charge is 0.321 e. The molecule has 5 heteroatoms. The van der Waals surface area contributed by atoms with Crippen molar-refractivity contribution in [3.8, 4) is 0 Å². The van der Waals surface area contributed by atoms with Crippen LogP contribution in [0.2, 0.25) is 0 Å². The topological polar surface area (TPSA) is 61.0 Å². The maximum absolute atomic E-state index is 12.4. The SMILES string of the molecule is Cc1cc2nc(C3CCN(C(=O)Nc4ccccc4)CC3)[nH]c2cc1C. The second-order valence-electron chi connectivity index (χ2n) is 7.13. The number of carbonyl (C=O) groups is 1. The van der Waals surface area contributed by atoms with Gasteiger partial charge in [0.25, 0.3) is 0 Å². The third kappa shape index (κ3) is 3.29. The number of benzene rings is 2. The molecule has 0 radical (unpaired) electrons. The molecule has 5 nitrogen and oxygen atoms in total. The van der Waals surface area contributed by atoms with Crippen molar-refractivity contribution in [2.45, 2.75) is 32.6 Å². The van der Waals surface area contributed by atoms with Gasteiger partial charge < -0.3 is 15.2 Å². The number of anilines is 1. The molecule has 26 heavy (non-hydrogen) atoms. The number of imidazole rings is 1. The quantitative estimate of drug-likeness (QED) is 0.711. The molecule has 1 aliphatic rings. The third-order valence-electron chi connectivity index (χ3n) is 5.31. The fourth-order valence-corrected chi connectivity index (χ4v) is 3.56. The number of rotatable bonds is 2. The van der Waals surface area contributed by atoms with Crippen LogP contribution in [0.25, 0.3) is 11.0 Å². The number of amides is 2. The number of hydrogen-bond donors (Lipinski definition) is 2. The normalized spacial score (nSPS) is 15.4. The molecule has 1 saturated heterocycles. The summed E-state index contributed by atoms with van der Waals surface area (Å²) in [5.41, 5.74) is 5.52. The molecule has 0 bridgehead atoms. The number of carbonyl (C=O) groups excluding carboxylic acids is 1. The Labute approximate surface area is 153 Å². The van der Waals surface area contributed by atoms with Crippen LogP contribution in [-0.2, 0) is 0 Å². The summed E-state index contributed by atoms with van der Waals surface area (Å²) in [4.78, 5) is 22.6. The number of nitrogens with one attached hydrogen (secondary N) is 2. The molecule has 4 rings (SSSR count). The Morgan fingerprint density at radius 2 is 1.81 bits per heavy atom. The van der Waals surface area contributed by atoms with Crippen LogP contribution in [0.4, 0.5) is 10.5 Å². The molecule has 2 amide bonds. The highest BCUT2D eigenvalue weighted by Gasteiger charge is 2.25. The van der Waals surface area contributed by atoms with Gasteiger partial charge in [-0.2, -0.15) is 0 Å². The van der Waals surface area contributed by atoms with Crippen LogP contribution in [-0.4, -0.2) is 34.0 Å². The highest BCUT2D eigenvalue weighted by atomic mass is 16.2. The van der Waals surface area contributed by atoms with Crippen LogP contribution in [0, 0.1) is 13.8 Å². The number of urea groups is 1. The van der Waals surface area contributed by atoms with Crippen molar-refractivity contribution in [2.24, 2.45) is 0 Å². The highest BCUT2D eigenvalue weighted by molar-refractivity contribution is 5.89. The van der Waals surface area contributed by atoms with Crippen molar-refractivity contribution in [3.05, 3.63) is 59.4 Å². The summed E-state index contributed by atoms with van der Waals surface area (Å²) < 4.78 is 0. The molecular weight excluding hydrogens is 324 g/mol. The van der Waals surface area contributed by atoms with Crippen LogP contribution in [0.15, 0.2) is 42.5 Å². The van der Waals surface area contributed by atoms with E-state index in [9.17, 15) is 4.79 Å². The monoisotopic (exact) mass is 348 g/mol.